The van der Waals surface area contributed by atoms with Crippen LogP contribution < -0.4 is 0 Å². The zero-order valence-electron chi connectivity index (χ0n) is 13.5. The lowest BCUT2D eigenvalue weighted by Gasteiger charge is -2.12. The van der Waals surface area contributed by atoms with E-state index >= 15 is 0 Å². The average Bonchev–Trinajstić information content (AvgIpc) is 2.91. The lowest BCUT2D eigenvalue weighted by atomic mass is 10.0. The molecule has 0 aliphatic carbocycles. The molecule has 118 valence electrons. The zero-order chi connectivity index (χ0) is 16.4. The van der Waals surface area contributed by atoms with Crippen LogP contribution in [0, 0.1) is 13.8 Å². The minimum Gasteiger partial charge on any atom is -0.481 e. The summed E-state index contributed by atoms with van der Waals surface area (Å²) in [6.07, 6.45) is 2.85. The summed E-state index contributed by atoms with van der Waals surface area (Å²) < 4.78 is 2.24. The van der Waals surface area contributed by atoms with Crippen molar-refractivity contribution >= 4 is 16.9 Å². The Morgan fingerprint density at radius 1 is 1.09 bits per heavy atom. The summed E-state index contributed by atoms with van der Waals surface area (Å²) in [6, 6.07) is 14.7. The van der Waals surface area contributed by atoms with Gasteiger partial charge in [-0.25, -0.2) is 0 Å². The van der Waals surface area contributed by atoms with Crippen LogP contribution in [-0.4, -0.2) is 15.6 Å². The number of aromatic nitrogens is 1. The molecule has 1 N–H and O–H groups in total. The number of aliphatic carboxylic acids is 1. The van der Waals surface area contributed by atoms with Crippen LogP contribution >= 0.6 is 0 Å². The van der Waals surface area contributed by atoms with E-state index < -0.39 is 5.97 Å². The molecule has 0 unspecified atom stereocenters. The first-order valence-electron chi connectivity index (χ1n) is 7.89. The van der Waals surface area contributed by atoms with E-state index in [0.29, 0.717) is 6.42 Å². The molecular formula is C20H21NO2. The van der Waals surface area contributed by atoms with Crippen LogP contribution in [0.4, 0.5) is 0 Å². The van der Waals surface area contributed by atoms with E-state index in [2.05, 4.69) is 61.0 Å². The number of rotatable bonds is 5. The molecule has 0 aliphatic heterocycles. The molecule has 0 fully saturated rings. The van der Waals surface area contributed by atoms with Gasteiger partial charge in [-0.2, -0.15) is 0 Å². The SMILES string of the molecule is Cc1cccc(C)c1Cn1ccc2ccc(CCC(=O)O)cc21. The van der Waals surface area contributed by atoms with Crippen LogP contribution in [0.25, 0.3) is 10.9 Å². The number of hydrogen-bond donors (Lipinski definition) is 1. The molecule has 0 saturated carbocycles. The number of carbonyl (C=O) groups is 1. The normalized spacial score (nSPS) is 11.0. The maximum Gasteiger partial charge on any atom is 0.303 e. The molecule has 0 radical (unpaired) electrons. The summed E-state index contributed by atoms with van der Waals surface area (Å²) in [5.41, 5.74) is 6.18. The highest BCUT2D eigenvalue weighted by molar-refractivity contribution is 5.81. The van der Waals surface area contributed by atoms with Crippen molar-refractivity contribution in [2.75, 3.05) is 0 Å². The fourth-order valence-corrected chi connectivity index (χ4v) is 3.04. The van der Waals surface area contributed by atoms with Crippen LogP contribution in [0.5, 0.6) is 0 Å². The lowest BCUT2D eigenvalue weighted by Crippen LogP contribution is -2.03. The molecule has 1 heterocycles. The van der Waals surface area contributed by atoms with Crippen molar-refractivity contribution in [3.63, 3.8) is 0 Å². The lowest BCUT2D eigenvalue weighted by molar-refractivity contribution is -0.136. The number of benzene rings is 2. The van der Waals surface area contributed by atoms with E-state index in [0.717, 1.165) is 17.6 Å². The Bertz CT molecular complexity index is 841. The Morgan fingerprint density at radius 3 is 2.52 bits per heavy atom. The van der Waals surface area contributed by atoms with E-state index in [9.17, 15) is 4.79 Å². The molecule has 3 nitrogen and oxygen atoms in total. The van der Waals surface area contributed by atoms with Gasteiger partial charge in [-0.05, 0) is 60.0 Å². The van der Waals surface area contributed by atoms with Crippen LogP contribution in [-0.2, 0) is 17.8 Å². The molecule has 2 aromatic carbocycles. The van der Waals surface area contributed by atoms with Crippen LogP contribution in [0.2, 0.25) is 0 Å². The molecule has 0 aliphatic rings. The number of nitrogens with zero attached hydrogens (tertiary/aromatic N) is 1. The molecule has 0 atom stereocenters. The summed E-state index contributed by atoms with van der Waals surface area (Å²) in [6.45, 7) is 5.13. The minimum absolute atomic E-state index is 0.170. The van der Waals surface area contributed by atoms with Gasteiger partial charge in [0.05, 0.1) is 0 Å². The predicted octanol–water partition coefficient (Wildman–Crippen LogP) is 4.32. The first-order chi connectivity index (χ1) is 11.0. The van der Waals surface area contributed by atoms with Gasteiger partial charge in [-0.1, -0.05) is 30.3 Å². The van der Waals surface area contributed by atoms with Gasteiger partial charge in [0.15, 0.2) is 0 Å². The predicted molar refractivity (Wildman–Crippen MR) is 92.9 cm³/mol. The maximum absolute atomic E-state index is 10.8. The van der Waals surface area contributed by atoms with Crippen molar-refractivity contribution in [3.8, 4) is 0 Å². The number of fused-ring (bicyclic) bond motifs is 1. The largest absolute Gasteiger partial charge is 0.481 e. The fraction of sp³-hybridized carbons (Fsp3) is 0.250. The van der Waals surface area contributed by atoms with Crippen molar-refractivity contribution in [1.29, 1.82) is 0 Å². The van der Waals surface area contributed by atoms with Crippen molar-refractivity contribution in [2.45, 2.75) is 33.2 Å². The molecule has 0 spiro atoms. The van der Waals surface area contributed by atoms with Gasteiger partial charge in [-0.3, -0.25) is 4.79 Å². The third-order valence-corrected chi connectivity index (χ3v) is 4.44. The maximum atomic E-state index is 10.8. The summed E-state index contributed by atoms with van der Waals surface area (Å²) in [5, 5.41) is 10.0. The second-order valence-electron chi connectivity index (χ2n) is 6.10. The van der Waals surface area contributed by atoms with Gasteiger partial charge >= 0.3 is 5.97 Å². The van der Waals surface area contributed by atoms with Gasteiger partial charge in [0.1, 0.15) is 0 Å². The van der Waals surface area contributed by atoms with Gasteiger partial charge in [0.25, 0.3) is 0 Å². The number of carboxylic acid groups (broad SMARTS) is 1. The molecule has 0 bridgehead atoms. The summed E-state index contributed by atoms with van der Waals surface area (Å²) in [5.74, 6) is -0.754. The standard InChI is InChI=1S/C20H21NO2/c1-14-4-3-5-15(2)18(14)13-21-11-10-17-8-6-16(12-19(17)21)7-9-20(22)23/h3-6,8,10-12H,7,9,13H2,1-2H3,(H,22,23). The third kappa shape index (κ3) is 3.29. The van der Waals surface area contributed by atoms with Gasteiger partial charge in [0.2, 0.25) is 0 Å². The van der Waals surface area contributed by atoms with Crippen molar-refractivity contribution < 1.29 is 9.90 Å². The molecule has 23 heavy (non-hydrogen) atoms. The number of carboxylic acids is 1. The van der Waals surface area contributed by atoms with E-state index in [-0.39, 0.29) is 6.42 Å². The number of aryl methyl sites for hydroxylation is 3. The molecule has 3 heteroatoms. The molecule has 1 aromatic heterocycles. The fourth-order valence-electron chi connectivity index (χ4n) is 3.04. The third-order valence-electron chi connectivity index (χ3n) is 4.44. The van der Waals surface area contributed by atoms with Crippen LogP contribution in [0.1, 0.15) is 28.7 Å². The Labute approximate surface area is 136 Å². The summed E-state index contributed by atoms with van der Waals surface area (Å²) >= 11 is 0. The number of hydrogen-bond acceptors (Lipinski definition) is 1. The highest BCUT2D eigenvalue weighted by Gasteiger charge is 2.07. The van der Waals surface area contributed by atoms with Crippen LogP contribution in [0.15, 0.2) is 48.7 Å². The second-order valence-corrected chi connectivity index (χ2v) is 6.10. The average molecular weight is 307 g/mol. The smallest absolute Gasteiger partial charge is 0.303 e. The molecule has 3 aromatic rings. The van der Waals surface area contributed by atoms with Gasteiger partial charge in [-0.15, -0.1) is 0 Å². The molecular weight excluding hydrogens is 286 g/mol. The van der Waals surface area contributed by atoms with Crippen LogP contribution in [0.3, 0.4) is 0 Å². The second kappa shape index (κ2) is 6.29. The molecule has 3 rings (SSSR count). The van der Waals surface area contributed by atoms with Crippen molar-refractivity contribution in [2.24, 2.45) is 0 Å². The quantitative estimate of drug-likeness (QED) is 0.762. The summed E-state index contributed by atoms with van der Waals surface area (Å²) in [7, 11) is 0. The molecule has 0 saturated heterocycles. The Hall–Kier alpha value is -2.55. The van der Waals surface area contributed by atoms with E-state index in [1.165, 1.54) is 22.1 Å². The van der Waals surface area contributed by atoms with Gasteiger partial charge < -0.3 is 9.67 Å². The van der Waals surface area contributed by atoms with Gasteiger partial charge in [0, 0.05) is 24.7 Å². The highest BCUT2D eigenvalue weighted by atomic mass is 16.4. The minimum atomic E-state index is -0.754. The van der Waals surface area contributed by atoms with Crippen molar-refractivity contribution in [1.82, 2.24) is 4.57 Å². The topological polar surface area (TPSA) is 42.2 Å². The molecule has 0 amide bonds. The first kappa shape index (κ1) is 15.3. The Balaban J connectivity index is 1.94. The Kier molecular flexibility index (Phi) is 4.20. The summed E-state index contributed by atoms with van der Waals surface area (Å²) in [4.78, 5) is 10.8. The van der Waals surface area contributed by atoms with E-state index in [1.807, 2.05) is 6.07 Å². The van der Waals surface area contributed by atoms with E-state index in [1.54, 1.807) is 0 Å². The van der Waals surface area contributed by atoms with E-state index in [4.69, 9.17) is 5.11 Å². The Morgan fingerprint density at radius 2 is 1.83 bits per heavy atom. The monoisotopic (exact) mass is 307 g/mol. The highest BCUT2D eigenvalue weighted by Crippen LogP contribution is 2.22. The zero-order valence-corrected chi connectivity index (χ0v) is 13.5. The first-order valence-corrected chi connectivity index (χ1v) is 7.89. The van der Waals surface area contributed by atoms with Crippen molar-refractivity contribution in [3.05, 3.63) is 70.9 Å².